The monoisotopic (exact) mass is 1190 g/mol. The molecule has 3 unspecified atom stereocenters. The minimum atomic E-state index is -4.79. The molecule has 12 heteroatoms. The molecule has 0 aromatic heterocycles. The lowest BCUT2D eigenvalue weighted by Crippen LogP contribution is -2.30. The number of aliphatic hydroxyl groups excluding tert-OH is 1. The highest BCUT2D eigenvalue weighted by molar-refractivity contribution is 7.47. The van der Waals surface area contributed by atoms with E-state index in [1.807, 2.05) is 12.2 Å². The van der Waals surface area contributed by atoms with E-state index < -0.39 is 64.4 Å². The minimum absolute atomic E-state index is 0.0270. The average Bonchev–Trinajstić information content (AvgIpc) is 3.53. The van der Waals surface area contributed by atoms with E-state index in [4.69, 9.17) is 23.3 Å². The maximum absolute atomic E-state index is 13.0. The fourth-order valence-corrected chi connectivity index (χ4v) is 9.13. The molecule has 3 atom stereocenters. The van der Waals surface area contributed by atoms with E-state index in [1.165, 1.54) is 83.5 Å². The summed E-state index contributed by atoms with van der Waals surface area (Å²) < 4.78 is 39.6. The van der Waals surface area contributed by atoms with Crippen molar-refractivity contribution >= 4 is 25.7 Å². The molecule has 0 radical (unpaired) electrons. The van der Waals surface area contributed by atoms with Crippen LogP contribution < -0.4 is 0 Å². The van der Waals surface area contributed by atoms with Gasteiger partial charge in [0.1, 0.15) is 12.7 Å². The Morgan fingerprint density at radius 3 is 1.05 bits per heavy atom. The van der Waals surface area contributed by atoms with Crippen LogP contribution in [0.4, 0.5) is 0 Å². The predicted octanol–water partition coefficient (Wildman–Crippen LogP) is 20.3. The van der Waals surface area contributed by atoms with Crippen LogP contribution >= 0.6 is 7.82 Å². The van der Waals surface area contributed by atoms with Crippen molar-refractivity contribution in [3.63, 3.8) is 0 Å². The number of esters is 3. The van der Waals surface area contributed by atoms with Gasteiger partial charge in [-0.25, -0.2) is 4.57 Å². The number of carbonyl (C=O) groups excluding carboxylic acids is 3. The Kier molecular flexibility index (Phi) is 60.8. The quantitative estimate of drug-likeness (QED) is 0.0197. The van der Waals surface area contributed by atoms with Crippen LogP contribution in [0.15, 0.2) is 146 Å². The number of ether oxygens (including phenoxy) is 3. The largest absolute Gasteiger partial charge is 0.472 e. The number of aliphatic hydroxyl groups is 1. The Balaban J connectivity index is 4.85. The molecule has 0 saturated carbocycles. The third-order valence-electron chi connectivity index (χ3n) is 13.2. The van der Waals surface area contributed by atoms with Gasteiger partial charge >= 0.3 is 25.7 Å². The van der Waals surface area contributed by atoms with Gasteiger partial charge in [0.25, 0.3) is 0 Å². The van der Waals surface area contributed by atoms with Crippen molar-refractivity contribution in [1.29, 1.82) is 0 Å². The van der Waals surface area contributed by atoms with Gasteiger partial charge in [0.2, 0.25) is 0 Å². The van der Waals surface area contributed by atoms with Gasteiger partial charge in [0, 0.05) is 19.3 Å². The molecule has 0 aromatic carbocycles. The fourth-order valence-electron chi connectivity index (χ4n) is 8.34. The smallest absolute Gasteiger partial charge is 0.462 e. The van der Waals surface area contributed by atoms with Crippen molar-refractivity contribution in [2.45, 2.75) is 264 Å². The molecule has 0 bridgehead atoms. The lowest BCUT2D eigenvalue weighted by molar-refractivity contribution is -0.161. The summed E-state index contributed by atoms with van der Waals surface area (Å²) in [7, 11) is -4.79. The van der Waals surface area contributed by atoms with Crippen molar-refractivity contribution in [1.82, 2.24) is 0 Å². The van der Waals surface area contributed by atoms with Gasteiger partial charge in [-0.15, -0.1) is 0 Å². The van der Waals surface area contributed by atoms with Gasteiger partial charge < -0.3 is 24.2 Å². The highest BCUT2D eigenvalue weighted by atomic mass is 31.2. The molecule has 476 valence electrons. The molecule has 11 nitrogen and oxygen atoms in total. The van der Waals surface area contributed by atoms with E-state index in [0.717, 1.165) is 103 Å². The summed E-state index contributed by atoms with van der Waals surface area (Å²) in [5, 5.41) is 9.87. The number of allylic oxidation sites excluding steroid dienone is 24. The van der Waals surface area contributed by atoms with E-state index in [1.54, 1.807) is 0 Å². The minimum Gasteiger partial charge on any atom is -0.462 e. The van der Waals surface area contributed by atoms with Crippen LogP contribution in [0.1, 0.15) is 252 Å². The maximum Gasteiger partial charge on any atom is 0.472 e. The SMILES string of the molecule is CC/C=C\C/C=C\C/C=C\C/C=C\C/C=C\C/C=C\CCC(=O)OC(COC(=O)CCCCC/C=C\C/C=C\C/C=C\C/C=C\C/C=C\CC)COP(=O)(O)OCC(CO)OC(=O)CCCCCCCCCCC/C=C\CCCCCCCC. The number of rotatable bonds is 59. The molecular weight excluding hydrogens is 1070 g/mol. The molecule has 0 aliphatic carbocycles. The predicted molar refractivity (Wildman–Crippen MR) is 352 cm³/mol. The van der Waals surface area contributed by atoms with Crippen molar-refractivity contribution in [2.24, 2.45) is 0 Å². The molecule has 84 heavy (non-hydrogen) atoms. The Bertz CT molecular complexity index is 1970. The number of hydrogen-bond acceptors (Lipinski definition) is 10. The van der Waals surface area contributed by atoms with Gasteiger partial charge in [-0.1, -0.05) is 250 Å². The number of phosphoric ester groups is 1. The lowest BCUT2D eigenvalue weighted by Gasteiger charge is -2.21. The topological polar surface area (TPSA) is 155 Å². The highest BCUT2D eigenvalue weighted by Crippen LogP contribution is 2.43. The Morgan fingerprint density at radius 2 is 0.643 bits per heavy atom. The van der Waals surface area contributed by atoms with Crippen molar-refractivity contribution in [3.8, 4) is 0 Å². The number of unbranched alkanes of at least 4 members (excludes halogenated alkanes) is 18. The van der Waals surface area contributed by atoms with E-state index in [0.29, 0.717) is 25.7 Å². The van der Waals surface area contributed by atoms with Gasteiger partial charge in [-0.3, -0.25) is 23.4 Å². The molecule has 0 amide bonds. The Morgan fingerprint density at radius 1 is 0.345 bits per heavy atom. The zero-order valence-corrected chi connectivity index (χ0v) is 53.7. The van der Waals surface area contributed by atoms with Crippen LogP contribution in [-0.2, 0) is 42.2 Å². The highest BCUT2D eigenvalue weighted by Gasteiger charge is 2.28. The van der Waals surface area contributed by atoms with Crippen LogP contribution in [0.25, 0.3) is 0 Å². The van der Waals surface area contributed by atoms with Crippen molar-refractivity contribution < 1.29 is 52.2 Å². The Hall–Kier alpha value is -4.64. The van der Waals surface area contributed by atoms with Crippen molar-refractivity contribution in [3.05, 3.63) is 146 Å². The second-order valence-electron chi connectivity index (χ2n) is 21.2. The van der Waals surface area contributed by atoms with Gasteiger partial charge in [0.05, 0.1) is 19.8 Å². The molecule has 0 rings (SSSR count). The zero-order valence-electron chi connectivity index (χ0n) is 52.8. The molecule has 2 N–H and O–H groups in total. The van der Waals surface area contributed by atoms with E-state index in [2.05, 4.69) is 154 Å². The molecule has 0 heterocycles. The van der Waals surface area contributed by atoms with Crippen molar-refractivity contribution in [2.75, 3.05) is 26.4 Å². The summed E-state index contributed by atoms with van der Waals surface area (Å²) >= 11 is 0. The first-order chi connectivity index (χ1) is 41.2. The molecular formula is C72H117O11P. The zero-order chi connectivity index (χ0) is 61.2. The summed E-state index contributed by atoms with van der Waals surface area (Å²) in [6, 6.07) is 0. The first-order valence-electron chi connectivity index (χ1n) is 32.7. The summed E-state index contributed by atoms with van der Waals surface area (Å²) in [4.78, 5) is 48.8. The first kappa shape index (κ1) is 79.4. The summed E-state index contributed by atoms with van der Waals surface area (Å²) in [5.41, 5.74) is 0. The molecule has 0 spiro atoms. The van der Waals surface area contributed by atoms with Crippen LogP contribution in [0.3, 0.4) is 0 Å². The summed E-state index contributed by atoms with van der Waals surface area (Å²) in [6.45, 7) is 4.30. The summed E-state index contributed by atoms with van der Waals surface area (Å²) in [6.07, 6.45) is 83.9. The molecule has 0 aromatic rings. The normalized spacial score (nSPS) is 14.2. The molecule has 0 aliphatic heterocycles. The van der Waals surface area contributed by atoms with Crippen LogP contribution in [0.5, 0.6) is 0 Å². The fraction of sp³-hybridized carbons (Fsp3) is 0.625. The maximum atomic E-state index is 13.0. The molecule has 0 aliphatic rings. The Labute approximate surface area is 512 Å². The van der Waals surface area contributed by atoms with E-state index >= 15 is 0 Å². The molecule has 0 saturated heterocycles. The van der Waals surface area contributed by atoms with Crippen LogP contribution in [0.2, 0.25) is 0 Å². The second kappa shape index (κ2) is 64.4. The lowest BCUT2D eigenvalue weighted by atomic mass is 10.1. The third-order valence-corrected chi connectivity index (χ3v) is 14.2. The van der Waals surface area contributed by atoms with Gasteiger partial charge in [0.15, 0.2) is 6.10 Å². The molecule has 0 fully saturated rings. The second-order valence-corrected chi connectivity index (χ2v) is 22.6. The first-order valence-corrected chi connectivity index (χ1v) is 34.2. The average molecular weight is 1190 g/mol. The number of carbonyl (C=O) groups is 3. The van der Waals surface area contributed by atoms with Crippen LogP contribution in [-0.4, -0.2) is 66.5 Å². The van der Waals surface area contributed by atoms with Gasteiger partial charge in [-0.05, 0) is 128 Å². The van der Waals surface area contributed by atoms with Gasteiger partial charge in [-0.2, -0.15) is 0 Å². The van der Waals surface area contributed by atoms with E-state index in [-0.39, 0.29) is 19.3 Å². The van der Waals surface area contributed by atoms with E-state index in [9.17, 15) is 28.9 Å². The number of phosphoric acid groups is 1. The third kappa shape index (κ3) is 61.9. The summed E-state index contributed by atoms with van der Waals surface area (Å²) in [5.74, 6) is -1.62. The number of hydrogen-bond donors (Lipinski definition) is 2. The standard InChI is InChI=1S/C72H117O11P/c1-4-7-10-13-16-19-22-25-28-31-34-37-40-43-46-49-52-55-58-61-70(74)79-65-69(83-72(76)63-60-57-54-51-48-45-42-39-36-33-30-27-24-21-18-15-12-9-6-3)67-81-84(77,78)80-66-68(64-73)82-71(75)62-59-56-53-50-47-44-41-38-35-32-29-26-23-20-17-14-11-8-5-2/h7,9-10,12,16,18-19,21,25-30,34,36-37,39,43,45-46,48,54,57,68-69,73H,4-6,8,11,13-15,17,20,22-24,31-33,35,38,40-42,44,47,49-53,55-56,58-67H2,1-3H3,(H,77,78)/b10-7-,12-9-,19-16-,21-18-,28-25-,29-26-,30-27-,37-34-,39-36-,46-43-,48-45-,57-54-. The van der Waals surface area contributed by atoms with Crippen LogP contribution in [0, 0.1) is 0 Å².